The fourth-order valence-electron chi connectivity index (χ4n) is 2.01. The molecule has 2 unspecified atom stereocenters. The Morgan fingerprint density at radius 2 is 2.33 bits per heavy atom. The summed E-state index contributed by atoms with van der Waals surface area (Å²) >= 11 is 1.03. The average Bonchev–Trinajstić information content (AvgIpc) is 2.91. The van der Waals surface area contributed by atoms with Crippen LogP contribution in [0.1, 0.15) is 5.69 Å². The van der Waals surface area contributed by atoms with Gasteiger partial charge in [0.1, 0.15) is 31.6 Å². The third kappa shape index (κ3) is 3.29. The lowest BCUT2D eigenvalue weighted by atomic mass is 10.00. The van der Waals surface area contributed by atoms with Crippen LogP contribution in [0.3, 0.4) is 0 Å². The molecule has 2 amide bonds. The summed E-state index contributed by atoms with van der Waals surface area (Å²) in [4.78, 5) is 32.3. The van der Waals surface area contributed by atoms with Gasteiger partial charge in [-0.25, -0.2) is 13.7 Å². The van der Waals surface area contributed by atoms with Crippen molar-refractivity contribution < 1.29 is 31.8 Å². The van der Waals surface area contributed by atoms with Gasteiger partial charge >= 0.3 is 10.3 Å². The number of nitrogens with one attached hydrogen (secondary N) is 1. The van der Waals surface area contributed by atoms with Gasteiger partial charge in [-0.05, 0) is 0 Å². The van der Waals surface area contributed by atoms with Gasteiger partial charge in [0.05, 0.1) is 0 Å². The number of nitrogen functional groups attached to an aromatic ring is 1. The van der Waals surface area contributed by atoms with E-state index >= 15 is 0 Å². The highest BCUT2D eigenvalue weighted by atomic mass is 32.2. The molecule has 132 valence electrons. The maximum Gasteiger partial charge on any atom is 0.362 e. The van der Waals surface area contributed by atoms with E-state index in [1.807, 2.05) is 0 Å². The molecule has 4 N–H and O–H groups in total. The monoisotopic (exact) mass is 381 g/mol. The minimum absolute atomic E-state index is 0.0497. The first-order valence-electron chi connectivity index (χ1n) is 6.20. The van der Waals surface area contributed by atoms with Crippen molar-refractivity contribution in [2.24, 2.45) is 5.16 Å². The number of rotatable bonds is 6. The van der Waals surface area contributed by atoms with Crippen molar-refractivity contribution in [3.8, 4) is 0 Å². The number of nitrogens with two attached hydrogens (primary N) is 1. The SMILES string of the molecule is CON=C(C(=O)NC1C(=O)N(S(=O)(=O)O)C1CF)c1csc(N)n1. The fraction of sp³-hybridized carbons (Fsp3) is 0.400. The molecule has 0 aromatic carbocycles. The maximum atomic E-state index is 13.0. The van der Waals surface area contributed by atoms with E-state index in [2.05, 4.69) is 20.3 Å². The lowest BCUT2D eigenvalue weighted by Crippen LogP contribution is -2.73. The van der Waals surface area contributed by atoms with Crippen LogP contribution in [-0.2, 0) is 24.7 Å². The van der Waals surface area contributed by atoms with E-state index in [-0.39, 0.29) is 20.8 Å². The molecule has 1 fully saturated rings. The van der Waals surface area contributed by atoms with E-state index in [1.54, 1.807) is 0 Å². The molecule has 0 aliphatic carbocycles. The largest absolute Gasteiger partial charge is 0.398 e. The second kappa shape index (κ2) is 6.66. The van der Waals surface area contributed by atoms with Crippen molar-refractivity contribution in [3.63, 3.8) is 0 Å². The Bertz CT molecular complexity index is 793. The Kier molecular flexibility index (Phi) is 5.00. The van der Waals surface area contributed by atoms with E-state index in [9.17, 15) is 22.4 Å². The first-order valence-corrected chi connectivity index (χ1v) is 8.48. The molecule has 0 spiro atoms. The molecule has 0 bridgehead atoms. The summed E-state index contributed by atoms with van der Waals surface area (Å²) in [5.74, 6) is -2.13. The number of carbonyl (C=O) groups is 2. The van der Waals surface area contributed by atoms with E-state index < -0.39 is 40.9 Å². The highest BCUT2D eigenvalue weighted by Gasteiger charge is 2.54. The number of amides is 2. The molecule has 2 heterocycles. The molecule has 2 rings (SSSR count). The van der Waals surface area contributed by atoms with E-state index in [0.29, 0.717) is 0 Å². The van der Waals surface area contributed by atoms with Crippen molar-refractivity contribution in [1.82, 2.24) is 14.6 Å². The van der Waals surface area contributed by atoms with Crippen molar-refractivity contribution in [2.45, 2.75) is 12.1 Å². The zero-order chi connectivity index (χ0) is 18.1. The van der Waals surface area contributed by atoms with Gasteiger partial charge in [-0.3, -0.25) is 14.1 Å². The van der Waals surface area contributed by atoms with Crippen molar-refractivity contribution >= 4 is 44.3 Å². The summed E-state index contributed by atoms with van der Waals surface area (Å²) in [5, 5.41) is 7.16. The molecule has 11 nitrogen and oxygen atoms in total. The van der Waals surface area contributed by atoms with Crippen LogP contribution in [0, 0.1) is 0 Å². The van der Waals surface area contributed by atoms with Gasteiger partial charge in [0.25, 0.3) is 11.8 Å². The highest BCUT2D eigenvalue weighted by Crippen LogP contribution is 2.24. The zero-order valence-corrected chi connectivity index (χ0v) is 13.7. The Hall–Kier alpha value is -2.32. The van der Waals surface area contributed by atoms with Crippen LogP contribution in [0.2, 0.25) is 0 Å². The van der Waals surface area contributed by atoms with E-state index in [4.69, 9.17) is 10.3 Å². The van der Waals surface area contributed by atoms with Crippen LogP contribution >= 0.6 is 11.3 Å². The first kappa shape index (κ1) is 18.0. The summed E-state index contributed by atoms with van der Waals surface area (Å²) < 4.78 is 43.8. The molecular formula is C10H12FN5O6S2. The number of hydrogen-bond donors (Lipinski definition) is 3. The number of thiazole rings is 1. The van der Waals surface area contributed by atoms with Crippen molar-refractivity contribution in [3.05, 3.63) is 11.1 Å². The third-order valence-electron chi connectivity index (χ3n) is 3.02. The number of oxime groups is 1. The van der Waals surface area contributed by atoms with Gasteiger partial charge in [-0.2, -0.15) is 8.42 Å². The second-order valence-corrected chi connectivity index (χ2v) is 6.66. The minimum Gasteiger partial charge on any atom is -0.398 e. The summed E-state index contributed by atoms with van der Waals surface area (Å²) in [6.45, 7) is -1.29. The smallest absolute Gasteiger partial charge is 0.362 e. The predicted molar refractivity (Wildman–Crippen MR) is 80.2 cm³/mol. The van der Waals surface area contributed by atoms with Crippen LogP contribution < -0.4 is 11.1 Å². The number of nitrogens with zero attached hydrogens (tertiary/aromatic N) is 3. The maximum absolute atomic E-state index is 13.0. The predicted octanol–water partition coefficient (Wildman–Crippen LogP) is -1.46. The summed E-state index contributed by atoms with van der Waals surface area (Å²) in [6.07, 6.45) is 0. The van der Waals surface area contributed by atoms with Crippen LogP contribution in [0.25, 0.3) is 0 Å². The molecule has 1 aliphatic rings. The van der Waals surface area contributed by atoms with Gasteiger partial charge in [0.15, 0.2) is 10.8 Å². The molecule has 14 heteroatoms. The molecule has 24 heavy (non-hydrogen) atoms. The second-order valence-electron chi connectivity index (χ2n) is 4.48. The topological polar surface area (TPSA) is 164 Å². The Labute approximate surface area is 139 Å². The van der Waals surface area contributed by atoms with Crippen LogP contribution in [-0.4, -0.2) is 65.7 Å². The lowest BCUT2D eigenvalue weighted by molar-refractivity contribution is -0.145. The standard InChI is InChI=1S/C10H12FN5O6S2/c1-22-15-6(4-3-23-10(12)13-4)8(17)14-7-5(2-11)16(9(7)18)24(19,20)21/h3,5,7H,2H2,1H3,(H2,12,13)(H,14,17)(H,19,20,21). The zero-order valence-electron chi connectivity index (χ0n) is 12.0. The highest BCUT2D eigenvalue weighted by molar-refractivity contribution is 7.84. The van der Waals surface area contributed by atoms with E-state index in [1.165, 1.54) is 12.5 Å². The molecule has 1 aromatic rings. The number of β-lactam (4-membered cyclic amide) rings is 1. The van der Waals surface area contributed by atoms with Gasteiger partial charge in [-0.15, -0.1) is 11.3 Å². The molecule has 1 aromatic heterocycles. The molecule has 1 saturated heterocycles. The lowest BCUT2D eigenvalue weighted by Gasteiger charge is -2.42. The molecule has 0 saturated carbocycles. The summed E-state index contributed by atoms with van der Waals surface area (Å²) in [5.41, 5.74) is 5.19. The van der Waals surface area contributed by atoms with Gasteiger partial charge < -0.3 is 15.9 Å². The van der Waals surface area contributed by atoms with E-state index in [0.717, 1.165) is 11.3 Å². The van der Waals surface area contributed by atoms with Crippen molar-refractivity contribution in [1.29, 1.82) is 0 Å². The van der Waals surface area contributed by atoms with Gasteiger partial charge in [0, 0.05) is 5.38 Å². The Morgan fingerprint density at radius 3 is 2.79 bits per heavy atom. The van der Waals surface area contributed by atoms with Crippen LogP contribution in [0.4, 0.5) is 9.52 Å². The third-order valence-corrected chi connectivity index (χ3v) is 4.65. The van der Waals surface area contributed by atoms with Gasteiger partial charge in [0.2, 0.25) is 0 Å². The number of alkyl halides is 1. The first-order chi connectivity index (χ1) is 11.2. The molecule has 2 atom stereocenters. The Balaban J connectivity index is 2.19. The number of hydrogen-bond acceptors (Lipinski definition) is 9. The Morgan fingerprint density at radius 1 is 1.67 bits per heavy atom. The number of carbonyl (C=O) groups excluding carboxylic acids is 2. The number of aromatic nitrogens is 1. The minimum atomic E-state index is -4.91. The molecule has 0 radical (unpaired) electrons. The van der Waals surface area contributed by atoms with Gasteiger partial charge in [-0.1, -0.05) is 5.16 Å². The van der Waals surface area contributed by atoms with Crippen molar-refractivity contribution in [2.75, 3.05) is 19.5 Å². The quantitative estimate of drug-likeness (QED) is 0.233. The fourth-order valence-corrected chi connectivity index (χ4v) is 3.42. The van der Waals surface area contributed by atoms with Crippen LogP contribution in [0.15, 0.2) is 10.5 Å². The average molecular weight is 381 g/mol. The van der Waals surface area contributed by atoms with Crippen LogP contribution in [0.5, 0.6) is 0 Å². The summed E-state index contributed by atoms with van der Waals surface area (Å²) in [6, 6.07) is -3.04. The number of halogens is 1. The summed E-state index contributed by atoms with van der Waals surface area (Å²) in [7, 11) is -3.75. The normalized spacial score (nSPS) is 21.4. The molecule has 1 aliphatic heterocycles. The molecular weight excluding hydrogens is 369 g/mol. The number of anilines is 1.